The molecule has 1 atom stereocenters. The summed E-state index contributed by atoms with van der Waals surface area (Å²) in [6, 6.07) is 10.1. The lowest BCUT2D eigenvalue weighted by Gasteiger charge is -2.36. The van der Waals surface area contributed by atoms with Gasteiger partial charge in [-0.25, -0.2) is 4.68 Å². The van der Waals surface area contributed by atoms with Gasteiger partial charge in [0.1, 0.15) is 5.54 Å². The topological polar surface area (TPSA) is 59.4 Å². The first-order valence-corrected chi connectivity index (χ1v) is 8.67. The molecule has 0 saturated carbocycles. The first-order chi connectivity index (χ1) is 12.1. The lowest BCUT2D eigenvalue weighted by atomic mass is 9.95. The van der Waals surface area contributed by atoms with Crippen LogP contribution in [-0.2, 0) is 16.1 Å². The van der Waals surface area contributed by atoms with E-state index < -0.39 is 5.54 Å². The summed E-state index contributed by atoms with van der Waals surface area (Å²) < 4.78 is 7.30. The summed E-state index contributed by atoms with van der Waals surface area (Å²) in [4.78, 5) is 14.8. The predicted molar refractivity (Wildman–Crippen MR) is 96.6 cm³/mol. The number of amides is 1. The van der Waals surface area contributed by atoms with E-state index in [2.05, 4.69) is 21.5 Å². The van der Waals surface area contributed by atoms with E-state index in [-0.39, 0.29) is 5.91 Å². The van der Waals surface area contributed by atoms with Gasteiger partial charge in [0.15, 0.2) is 0 Å². The van der Waals surface area contributed by atoms with Gasteiger partial charge in [-0.3, -0.25) is 9.69 Å². The second-order valence-electron chi connectivity index (χ2n) is 6.59. The first-order valence-electron chi connectivity index (χ1n) is 8.67. The molecule has 0 aliphatic carbocycles. The second-order valence-corrected chi connectivity index (χ2v) is 6.59. The third kappa shape index (κ3) is 3.32. The Labute approximate surface area is 148 Å². The van der Waals surface area contributed by atoms with Gasteiger partial charge in [-0.15, -0.1) is 0 Å². The molecule has 2 aromatic rings. The fraction of sp³-hybridized carbons (Fsp3) is 0.474. The van der Waals surface area contributed by atoms with E-state index in [4.69, 9.17) is 4.74 Å². The lowest BCUT2D eigenvalue weighted by molar-refractivity contribution is -0.135. The number of hydrogen-bond acceptors (Lipinski definition) is 4. The molecular formula is C19H26N4O2. The molecule has 1 N–H and O–H groups in total. The molecule has 1 fully saturated rings. The molecule has 2 heterocycles. The van der Waals surface area contributed by atoms with Crippen molar-refractivity contribution in [3.05, 3.63) is 47.8 Å². The van der Waals surface area contributed by atoms with Crippen LogP contribution in [0.25, 0.3) is 5.69 Å². The Morgan fingerprint density at radius 2 is 2.12 bits per heavy atom. The summed E-state index contributed by atoms with van der Waals surface area (Å²) in [5.41, 5.74) is 2.56. The number of carbonyl (C=O) groups is 1. The minimum atomic E-state index is -0.592. The van der Waals surface area contributed by atoms with Crippen LogP contribution in [0.2, 0.25) is 0 Å². The Bertz CT molecular complexity index is 728. The third-order valence-electron chi connectivity index (χ3n) is 5.04. The van der Waals surface area contributed by atoms with E-state index in [1.807, 2.05) is 41.9 Å². The second kappa shape index (κ2) is 7.37. The number of likely N-dealkylation sites (N-methyl/N-ethyl adjacent to an activating group) is 1. The molecule has 1 unspecified atom stereocenters. The van der Waals surface area contributed by atoms with E-state index in [1.165, 1.54) is 0 Å². The van der Waals surface area contributed by atoms with Gasteiger partial charge in [0.25, 0.3) is 0 Å². The summed E-state index contributed by atoms with van der Waals surface area (Å²) in [5, 5.41) is 7.45. The normalized spacial score (nSPS) is 20.8. The van der Waals surface area contributed by atoms with Crippen molar-refractivity contribution in [2.45, 2.75) is 31.8 Å². The molecule has 25 heavy (non-hydrogen) atoms. The van der Waals surface area contributed by atoms with Crippen LogP contribution in [0.5, 0.6) is 0 Å². The number of aryl methyl sites for hydroxylation is 1. The maximum absolute atomic E-state index is 12.6. The van der Waals surface area contributed by atoms with Crippen LogP contribution in [0.3, 0.4) is 0 Å². The predicted octanol–water partition coefficient (Wildman–Crippen LogP) is 1.91. The van der Waals surface area contributed by atoms with Crippen molar-refractivity contribution in [1.82, 2.24) is 20.0 Å². The molecule has 134 valence electrons. The van der Waals surface area contributed by atoms with Gasteiger partial charge in [0, 0.05) is 32.5 Å². The Morgan fingerprint density at radius 1 is 1.36 bits per heavy atom. The molecule has 1 saturated heterocycles. The van der Waals surface area contributed by atoms with E-state index in [0.29, 0.717) is 13.2 Å². The van der Waals surface area contributed by atoms with Gasteiger partial charge in [-0.2, -0.15) is 5.10 Å². The average Bonchev–Trinajstić information content (AvgIpc) is 3.20. The summed E-state index contributed by atoms with van der Waals surface area (Å²) >= 11 is 0. The van der Waals surface area contributed by atoms with Gasteiger partial charge in [0.05, 0.1) is 18.0 Å². The number of rotatable bonds is 6. The molecular weight excluding hydrogens is 316 g/mol. The van der Waals surface area contributed by atoms with E-state index in [9.17, 15) is 4.79 Å². The van der Waals surface area contributed by atoms with Gasteiger partial charge in [-0.1, -0.05) is 18.2 Å². The summed E-state index contributed by atoms with van der Waals surface area (Å²) in [6.45, 7) is 3.99. The Balaban J connectivity index is 1.86. The number of methoxy groups -OCH3 is 1. The van der Waals surface area contributed by atoms with Gasteiger partial charge in [0.2, 0.25) is 5.91 Å². The average molecular weight is 342 g/mol. The smallest absolute Gasteiger partial charge is 0.242 e. The molecule has 0 spiro atoms. The third-order valence-corrected chi connectivity index (χ3v) is 5.04. The SMILES string of the molecule is CNC(=O)C1(COC)CCCN1Cc1cn(-c2ccccc2)nc1C. The molecule has 6 nitrogen and oxygen atoms in total. The van der Waals surface area contributed by atoms with Crippen LogP contribution in [-0.4, -0.2) is 53.4 Å². The largest absolute Gasteiger partial charge is 0.382 e. The minimum absolute atomic E-state index is 0.0277. The van der Waals surface area contributed by atoms with Crippen LogP contribution in [0.4, 0.5) is 0 Å². The van der Waals surface area contributed by atoms with Crippen LogP contribution in [0, 0.1) is 6.92 Å². The van der Waals surface area contributed by atoms with E-state index >= 15 is 0 Å². The van der Waals surface area contributed by atoms with Crippen molar-refractivity contribution >= 4 is 5.91 Å². The van der Waals surface area contributed by atoms with Gasteiger partial charge >= 0.3 is 0 Å². The Morgan fingerprint density at radius 3 is 2.80 bits per heavy atom. The van der Waals surface area contributed by atoms with Crippen molar-refractivity contribution in [2.24, 2.45) is 0 Å². The number of aromatic nitrogens is 2. The highest BCUT2D eigenvalue weighted by molar-refractivity contribution is 5.86. The lowest BCUT2D eigenvalue weighted by Crippen LogP contribution is -2.57. The highest BCUT2D eigenvalue weighted by atomic mass is 16.5. The first kappa shape index (κ1) is 17.6. The number of hydrogen-bond donors (Lipinski definition) is 1. The van der Waals surface area contributed by atoms with Gasteiger partial charge < -0.3 is 10.1 Å². The summed E-state index contributed by atoms with van der Waals surface area (Å²) in [7, 11) is 3.34. The number of nitrogens with zero attached hydrogens (tertiary/aromatic N) is 3. The zero-order valence-electron chi connectivity index (χ0n) is 15.2. The van der Waals surface area contributed by atoms with Crippen LogP contribution >= 0.6 is 0 Å². The number of benzene rings is 1. The molecule has 6 heteroatoms. The number of likely N-dealkylation sites (tertiary alicyclic amines) is 1. The van der Waals surface area contributed by atoms with Crippen molar-refractivity contribution in [3.63, 3.8) is 0 Å². The zero-order valence-corrected chi connectivity index (χ0v) is 15.2. The van der Waals surface area contributed by atoms with Crippen molar-refractivity contribution < 1.29 is 9.53 Å². The fourth-order valence-corrected chi connectivity index (χ4v) is 3.69. The Hall–Kier alpha value is -2.18. The molecule has 1 aliphatic heterocycles. The molecule has 1 aromatic heterocycles. The molecule has 0 radical (unpaired) electrons. The molecule has 0 bridgehead atoms. The summed E-state index contributed by atoms with van der Waals surface area (Å²) in [5.74, 6) is 0.0277. The number of ether oxygens (including phenoxy) is 1. The highest BCUT2D eigenvalue weighted by Gasteiger charge is 2.47. The van der Waals surface area contributed by atoms with Crippen molar-refractivity contribution in [2.75, 3.05) is 27.3 Å². The molecule has 1 amide bonds. The zero-order chi connectivity index (χ0) is 17.9. The fourth-order valence-electron chi connectivity index (χ4n) is 3.69. The maximum atomic E-state index is 12.6. The molecule has 3 rings (SSSR count). The number of para-hydroxylation sites is 1. The molecule has 1 aromatic carbocycles. The monoisotopic (exact) mass is 342 g/mol. The quantitative estimate of drug-likeness (QED) is 0.871. The minimum Gasteiger partial charge on any atom is -0.382 e. The van der Waals surface area contributed by atoms with Crippen molar-refractivity contribution in [1.29, 1.82) is 0 Å². The molecule has 1 aliphatic rings. The maximum Gasteiger partial charge on any atom is 0.242 e. The number of carbonyl (C=O) groups excluding carboxylic acids is 1. The van der Waals surface area contributed by atoms with Crippen LogP contribution in [0.1, 0.15) is 24.1 Å². The summed E-state index contributed by atoms with van der Waals surface area (Å²) in [6.07, 6.45) is 3.86. The van der Waals surface area contributed by atoms with Gasteiger partial charge in [-0.05, 0) is 38.4 Å². The highest BCUT2D eigenvalue weighted by Crippen LogP contribution is 2.32. The van der Waals surface area contributed by atoms with Crippen LogP contribution < -0.4 is 5.32 Å². The van der Waals surface area contributed by atoms with E-state index in [1.54, 1.807) is 14.2 Å². The van der Waals surface area contributed by atoms with Crippen molar-refractivity contribution in [3.8, 4) is 5.69 Å². The standard InChI is InChI=1S/C19H26N4O2/c1-15-16(13-23(21-15)17-8-5-4-6-9-17)12-22-11-7-10-19(22,14-25-3)18(24)20-2/h4-6,8-9,13H,7,10-12,14H2,1-3H3,(H,20,24). The Kier molecular flexibility index (Phi) is 5.20. The van der Waals surface area contributed by atoms with E-state index in [0.717, 1.165) is 36.3 Å². The van der Waals surface area contributed by atoms with Crippen LogP contribution in [0.15, 0.2) is 36.5 Å². The number of nitrogens with one attached hydrogen (secondary N) is 1.